The first-order valence-electron chi connectivity index (χ1n) is 12.9. The van der Waals surface area contributed by atoms with Crippen LogP contribution in [0.25, 0.3) is 0 Å². The standard InChI is InChI=1S/C29H21F3N2O6S/c1-14-21(40-28(37)39-14)11-38-25-20(35)7-10-33-24(25)27(36)29(8-9-29)13-34(33)23-15-5-6-18(30)22(32)17(15)12-41-26-16(23)3-2-4-19(26)31/h2-7,10,23H,8-9,11-13H2,1H3. The predicted molar refractivity (Wildman–Crippen MR) is 140 cm³/mol. The zero-order chi connectivity index (χ0) is 28.6. The maximum absolute atomic E-state index is 15.2. The van der Waals surface area contributed by atoms with Crippen LogP contribution in [0.15, 0.2) is 65.9 Å². The zero-order valence-corrected chi connectivity index (χ0v) is 22.4. The van der Waals surface area contributed by atoms with Gasteiger partial charge in [0.15, 0.2) is 40.4 Å². The Balaban J connectivity index is 1.43. The van der Waals surface area contributed by atoms with E-state index in [4.69, 9.17) is 13.6 Å². The number of pyridine rings is 1. The molecule has 2 aromatic heterocycles. The number of hydrogen-bond donors (Lipinski definition) is 0. The number of aryl methyl sites for hydroxylation is 1. The first-order valence-corrected chi connectivity index (χ1v) is 13.8. The van der Waals surface area contributed by atoms with Crippen LogP contribution in [0.4, 0.5) is 13.2 Å². The van der Waals surface area contributed by atoms with Crippen LogP contribution in [-0.4, -0.2) is 17.0 Å². The van der Waals surface area contributed by atoms with Gasteiger partial charge in [-0.2, -0.15) is 0 Å². The summed E-state index contributed by atoms with van der Waals surface area (Å²) < 4.78 is 61.9. The van der Waals surface area contributed by atoms with Crippen molar-refractivity contribution in [3.63, 3.8) is 0 Å². The Labute approximate surface area is 234 Å². The number of thioether (sulfide) groups is 1. The van der Waals surface area contributed by atoms with E-state index in [1.54, 1.807) is 17.1 Å². The number of halogens is 3. The Morgan fingerprint density at radius 3 is 2.56 bits per heavy atom. The first kappa shape index (κ1) is 25.8. The molecule has 4 aromatic rings. The molecular formula is C29H21F3N2O6S. The van der Waals surface area contributed by atoms with Gasteiger partial charge in [0.2, 0.25) is 5.43 Å². The number of aromatic nitrogens is 1. The topological polar surface area (TPSA) is 94.9 Å². The Morgan fingerprint density at radius 2 is 1.83 bits per heavy atom. The molecule has 1 fully saturated rings. The molecule has 1 unspecified atom stereocenters. The lowest BCUT2D eigenvalue weighted by Crippen LogP contribution is -2.52. The summed E-state index contributed by atoms with van der Waals surface area (Å²) in [5, 5.41) is 1.79. The van der Waals surface area contributed by atoms with Gasteiger partial charge in [-0.1, -0.05) is 18.2 Å². The SMILES string of the molecule is Cc1oc(=O)oc1COc1c2n(ccc1=O)N(C1c3ccc(F)c(F)c3CSc3c(F)cccc31)CC1(CC1)C2=O. The molecule has 2 aliphatic heterocycles. The molecule has 7 rings (SSSR count). The number of rotatable bonds is 4. The number of nitrogens with zero attached hydrogens (tertiary/aromatic N) is 2. The fourth-order valence-electron chi connectivity index (χ4n) is 5.71. The minimum atomic E-state index is -1.01. The van der Waals surface area contributed by atoms with Gasteiger partial charge in [-0.3, -0.25) is 19.3 Å². The van der Waals surface area contributed by atoms with E-state index in [-0.39, 0.29) is 53.2 Å². The summed E-state index contributed by atoms with van der Waals surface area (Å²) in [6, 6.07) is 7.52. The molecule has 1 atom stereocenters. The number of fused-ring (bicyclic) bond motifs is 3. The second kappa shape index (κ2) is 9.16. The van der Waals surface area contributed by atoms with Gasteiger partial charge in [-0.25, -0.2) is 18.0 Å². The second-order valence-electron chi connectivity index (χ2n) is 10.4. The highest BCUT2D eigenvalue weighted by atomic mass is 32.2. The summed E-state index contributed by atoms with van der Waals surface area (Å²) in [6.45, 7) is 1.36. The number of carbonyl (C=O) groups is 1. The average molecular weight is 583 g/mol. The van der Waals surface area contributed by atoms with Crippen molar-refractivity contribution in [1.82, 2.24) is 4.68 Å². The Kier molecular flexibility index (Phi) is 5.76. The first-order chi connectivity index (χ1) is 19.7. The van der Waals surface area contributed by atoms with Gasteiger partial charge < -0.3 is 13.6 Å². The highest BCUT2D eigenvalue weighted by molar-refractivity contribution is 7.98. The van der Waals surface area contributed by atoms with Crippen molar-refractivity contribution in [2.75, 3.05) is 11.6 Å². The highest BCUT2D eigenvalue weighted by Crippen LogP contribution is 2.54. The summed E-state index contributed by atoms with van der Waals surface area (Å²) in [7, 11) is 0. The Bertz CT molecular complexity index is 1880. The van der Waals surface area contributed by atoms with Gasteiger partial charge in [-0.15, -0.1) is 11.8 Å². The molecule has 0 N–H and O–H groups in total. The number of ketones is 1. The van der Waals surface area contributed by atoms with Crippen LogP contribution in [0.3, 0.4) is 0 Å². The molecule has 1 spiro atoms. The van der Waals surface area contributed by atoms with Crippen molar-refractivity contribution in [2.45, 2.75) is 43.1 Å². The number of hydrogen-bond acceptors (Lipinski definition) is 8. The minimum Gasteiger partial charge on any atom is -0.479 e. The predicted octanol–water partition coefficient (Wildman–Crippen LogP) is 5.01. The number of benzene rings is 2. The van der Waals surface area contributed by atoms with Gasteiger partial charge >= 0.3 is 5.82 Å². The smallest absolute Gasteiger partial charge is 0.479 e. The van der Waals surface area contributed by atoms with Gasteiger partial charge in [0.25, 0.3) is 0 Å². The molecule has 210 valence electrons. The van der Waals surface area contributed by atoms with E-state index in [2.05, 4.69) is 0 Å². The van der Waals surface area contributed by atoms with E-state index < -0.39 is 40.2 Å². The summed E-state index contributed by atoms with van der Waals surface area (Å²) >= 11 is 1.08. The third-order valence-electron chi connectivity index (χ3n) is 7.99. The molecule has 1 aliphatic carbocycles. The third kappa shape index (κ3) is 3.95. The van der Waals surface area contributed by atoms with Gasteiger partial charge in [-0.05, 0) is 43.0 Å². The van der Waals surface area contributed by atoms with Crippen molar-refractivity contribution in [1.29, 1.82) is 0 Å². The third-order valence-corrected chi connectivity index (χ3v) is 9.14. The quantitative estimate of drug-likeness (QED) is 0.332. The van der Waals surface area contributed by atoms with Crippen LogP contribution in [-0.2, 0) is 12.4 Å². The molecule has 0 amide bonds. The largest absolute Gasteiger partial charge is 0.519 e. The van der Waals surface area contributed by atoms with E-state index in [9.17, 15) is 18.8 Å². The molecular weight excluding hydrogens is 561 g/mol. The number of Topliss-reactive ketones (excluding diaryl/α,β-unsaturated/α-hetero) is 1. The van der Waals surface area contributed by atoms with Crippen molar-refractivity contribution < 1.29 is 31.5 Å². The van der Waals surface area contributed by atoms with E-state index in [1.807, 2.05) is 0 Å². The molecule has 8 nitrogen and oxygen atoms in total. The summed E-state index contributed by atoms with van der Waals surface area (Å²) in [5.41, 5.74) is -0.384. The van der Waals surface area contributed by atoms with E-state index >= 15 is 8.78 Å². The number of ether oxygens (including phenoxy) is 1. The minimum absolute atomic E-state index is 0.00189. The number of carbonyl (C=O) groups excluding carboxylic acids is 1. The Morgan fingerprint density at radius 1 is 1.02 bits per heavy atom. The average Bonchev–Trinajstić information content (AvgIpc) is 3.67. The molecule has 12 heteroatoms. The van der Waals surface area contributed by atoms with Crippen LogP contribution in [0.1, 0.15) is 57.6 Å². The van der Waals surface area contributed by atoms with Crippen molar-refractivity contribution in [3.05, 3.63) is 115 Å². The molecule has 4 heterocycles. The van der Waals surface area contributed by atoms with E-state index in [0.717, 1.165) is 17.8 Å². The lowest BCUT2D eigenvalue weighted by Gasteiger charge is -2.43. The molecule has 0 saturated heterocycles. The van der Waals surface area contributed by atoms with Crippen molar-refractivity contribution in [3.8, 4) is 5.75 Å². The van der Waals surface area contributed by atoms with Crippen molar-refractivity contribution >= 4 is 17.5 Å². The lowest BCUT2D eigenvalue weighted by atomic mass is 9.89. The summed E-state index contributed by atoms with van der Waals surface area (Å²) in [4.78, 5) is 38.7. The molecule has 1 saturated carbocycles. The van der Waals surface area contributed by atoms with Crippen LogP contribution in [0.2, 0.25) is 0 Å². The maximum Gasteiger partial charge on any atom is 0.519 e. The normalized spacial score (nSPS) is 18.5. The highest BCUT2D eigenvalue weighted by Gasteiger charge is 2.57. The van der Waals surface area contributed by atoms with E-state index in [0.29, 0.717) is 28.9 Å². The van der Waals surface area contributed by atoms with Crippen molar-refractivity contribution in [2.24, 2.45) is 5.41 Å². The van der Waals surface area contributed by atoms with E-state index in [1.165, 1.54) is 36.0 Å². The summed E-state index contributed by atoms with van der Waals surface area (Å²) in [5.74, 6) is -3.74. The fourth-order valence-corrected chi connectivity index (χ4v) is 6.85. The van der Waals surface area contributed by atoms with Gasteiger partial charge in [0.1, 0.15) is 12.4 Å². The fraction of sp³-hybridized carbons (Fsp3) is 0.276. The monoisotopic (exact) mass is 582 g/mol. The molecule has 3 aliphatic rings. The lowest BCUT2D eigenvalue weighted by molar-refractivity contribution is 0.0852. The zero-order valence-electron chi connectivity index (χ0n) is 21.5. The van der Waals surface area contributed by atoms with Gasteiger partial charge in [0, 0.05) is 35.0 Å². The molecule has 41 heavy (non-hydrogen) atoms. The molecule has 2 aromatic carbocycles. The summed E-state index contributed by atoms with van der Waals surface area (Å²) in [6.07, 6.45) is 2.52. The van der Waals surface area contributed by atoms with Gasteiger partial charge in [0.05, 0.1) is 11.5 Å². The van der Waals surface area contributed by atoms with Crippen LogP contribution >= 0.6 is 11.8 Å². The molecule has 0 radical (unpaired) electrons. The second-order valence-corrected chi connectivity index (χ2v) is 11.4. The van der Waals surface area contributed by atoms with Crippen LogP contribution in [0.5, 0.6) is 5.75 Å². The Hall–Kier alpha value is -4.19. The van der Waals surface area contributed by atoms with Crippen LogP contribution in [0, 0.1) is 29.8 Å². The van der Waals surface area contributed by atoms with Crippen LogP contribution < -0.4 is 21.0 Å². The molecule has 0 bridgehead atoms. The maximum atomic E-state index is 15.2.